The summed E-state index contributed by atoms with van der Waals surface area (Å²) in [6.07, 6.45) is 3.82. The van der Waals surface area contributed by atoms with Gasteiger partial charge in [0.2, 0.25) is 0 Å². The van der Waals surface area contributed by atoms with Crippen LogP contribution in [0.4, 0.5) is 0 Å². The van der Waals surface area contributed by atoms with Crippen molar-refractivity contribution in [2.45, 2.75) is 19.1 Å². The lowest BCUT2D eigenvalue weighted by Crippen LogP contribution is -2.30. The van der Waals surface area contributed by atoms with E-state index in [2.05, 4.69) is 46.9 Å². The highest BCUT2D eigenvalue weighted by atomic mass is 32.1. The molecule has 0 saturated heterocycles. The third-order valence-electron chi connectivity index (χ3n) is 3.18. The lowest BCUT2D eigenvalue weighted by Gasteiger charge is -2.23. The van der Waals surface area contributed by atoms with E-state index in [4.69, 9.17) is 5.11 Å². The van der Waals surface area contributed by atoms with Gasteiger partial charge >= 0.3 is 0 Å². The fourth-order valence-electron chi connectivity index (χ4n) is 2.09. The smallest absolute Gasteiger partial charge is 0.0640 e. The van der Waals surface area contributed by atoms with Gasteiger partial charge in [0.1, 0.15) is 0 Å². The fourth-order valence-corrected chi connectivity index (χ4v) is 3.02. The van der Waals surface area contributed by atoms with Gasteiger partial charge in [-0.05, 0) is 25.5 Å². The zero-order chi connectivity index (χ0) is 14.4. The highest BCUT2D eigenvalue weighted by Crippen LogP contribution is 2.22. The van der Waals surface area contributed by atoms with Crippen LogP contribution in [0.3, 0.4) is 0 Å². The van der Waals surface area contributed by atoms with Crippen LogP contribution in [0.2, 0.25) is 0 Å². The van der Waals surface area contributed by atoms with Crippen LogP contribution in [0.1, 0.15) is 16.5 Å². The van der Waals surface area contributed by atoms with E-state index in [0.717, 1.165) is 18.7 Å². The van der Waals surface area contributed by atoms with Gasteiger partial charge in [0.25, 0.3) is 0 Å². The van der Waals surface area contributed by atoms with Crippen LogP contribution < -0.4 is 5.32 Å². The van der Waals surface area contributed by atoms with Crippen molar-refractivity contribution >= 4 is 11.3 Å². The number of nitrogens with zero attached hydrogens (tertiary/aromatic N) is 3. The number of aromatic nitrogens is 2. The Morgan fingerprint density at radius 3 is 3.00 bits per heavy atom. The molecule has 0 aliphatic heterocycles. The lowest BCUT2D eigenvalue weighted by atomic mass is 10.2. The Morgan fingerprint density at radius 1 is 1.50 bits per heavy atom. The molecule has 0 amide bonds. The number of aliphatic hydroxyl groups is 1. The number of hydrogen-bond donors (Lipinski definition) is 2. The summed E-state index contributed by atoms with van der Waals surface area (Å²) in [6.45, 7) is 2.37. The molecule has 0 spiro atoms. The van der Waals surface area contributed by atoms with Crippen molar-refractivity contribution in [2.24, 2.45) is 0 Å². The van der Waals surface area contributed by atoms with Gasteiger partial charge in [-0.2, -0.15) is 5.10 Å². The molecule has 6 heteroatoms. The normalized spacial score (nSPS) is 13.0. The first-order valence-corrected chi connectivity index (χ1v) is 7.61. The maximum Gasteiger partial charge on any atom is 0.0640 e. The molecule has 2 N–H and O–H groups in total. The molecule has 2 rings (SSSR count). The SMILES string of the molecule is CN(C)C(CNCc1cnn(CCO)c1)c1cccs1. The average Bonchev–Trinajstić information content (AvgIpc) is 3.06. The van der Waals surface area contributed by atoms with Gasteiger partial charge in [0, 0.05) is 29.7 Å². The third kappa shape index (κ3) is 4.14. The first kappa shape index (κ1) is 15.2. The van der Waals surface area contributed by atoms with Crippen LogP contribution in [-0.4, -0.2) is 47.0 Å². The van der Waals surface area contributed by atoms with E-state index < -0.39 is 0 Å². The van der Waals surface area contributed by atoms with Crippen LogP contribution in [0.5, 0.6) is 0 Å². The number of rotatable bonds is 8. The molecule has 2 heterocycles. The Kier molecular flexibility index (Phi) is 5.72. The van der Waals surface area contributed by atoms with Crippen molar-refractivity contribution in [3.8, 4) is 0 Å². The van der Waals surface area contributed by atoms with E-state index in [0.29, 0.717) is 12.6 Å². The minimum Gasteiger partial charge on any atom is -0.394 e. The topological polar surface area (TPSA) is 53.3 Å². The zero-order valence-corrected chi connectivity index (χ0v) is 12.8. The van der Waals surface area contributed by atoms with E-state index >= 15 is 0 Å². The number of hydrogen-bond acceptors (Lipinski definition) is 5. The lowest BCUT2D eigenvalue weighted by molar-refractivity contribution is 0.269. The minimum absolute atomic E-state index is 0.121. The van der Waals surface area contributed by atoms with Crippen molar-refractivity contribution in [1.82, 2.24) is 20.0 Å². The van der Waals surface area contributed by atoms with Gasteiger partial charge in [-0.1, -0.05) is 6.07 Å². The van der Waals surface area contributed by atoms with E-state index in [1.807, 2.05) is 12.4 Å². The molecule has 20 heavy (non-hydrogen) atoms. The van der Waals surface area contributed by atoms with Gasteiger partial charge < -0.3 is 15.3 Å². The van der Waals surface area contributed by atoms with Gasteiger partial charge in [-0.25, -0.2) is 0 Å². The molecule has 0 saturated carbocycles. The predicted octanol–water partition coefficient (Wildman–Crippen LogP) is 1.33. The van der Waals surface area contributed by atoms with Crippen molar-refractivity contribution < 1.29 is 5.11 Å². The molecule has 2 aromatic heterocycles. The molecule has 1 atom stereocenters. The van der Waals surface area contributed by atoms with Gasteiger partial charge in [-0.15, -0.1) is 11.3 Å². The molecule has 0 bridgehead atoms. The van der Waals surface area contributed by atoms with Crippen molar-refractivity contribution in [3.63, 3.8) is 0 Å². The van der Waals surface area contributed by atoms with Gasteiger partial charge in [0.15, 0.2) is 0 Å². The summed E-state index contributed by atoms with van der Waals surface area (Å²) in [5.41, 5.74) is 1.14. The van der Waals surface area contributed by atoms with E-state index in [1.165, 1.54) is 4.88 Å². The summed E-state index contributed by atoms with van der Waals surface area (Å²) in [5, 5.41) is 18.7. The molecule has 0 aliphatic rings. The summed E-state index contributed by atoms with van der Waals surface area (Å²) in [5.74, 6) is 0. The number of aliphatic hydroxyl groups excluding tert-OH is 1. The van der Waals surface area contributed by atoms with Crippen molar-refractivity contribution in [1.29, 1.82) is 0 Å². The summed E-state index contributed by atoms with van der Waals surface area (Å²) >= 11 is 1.79. The molecule has 1 unspecified atom stereocenters. The Labute approximate surface area is 123 Å². The van der Waals surface area contributed by atoms with Gasteiger partial charge in [0.05, 0.1) is 25.4 Å². The standard InChI is InChI=1S/C14H22N4OS/c1-17(2)13(14-4-3-7-20-14)10-15-8-12-9-16-18(11-12)5-6-19/h3-4,7,9,11,13,15,19H,5-6,8,10H2,1-2H3. The summed E-state index contributed by atoms with van der Waals surface area (Å²) < 4.78 is 1.76. The maximum absolute atomic E-state index is 8.86. The first-order chi connectivity index (χ1) is 9.70. The largest absolute Gasteiger partial charge is 0.394 e. The first-order valence-electron chi connectivity index (χ1n) is 6.73. The third-order valence-corrected chi connectivity index (χ3v) is 4.15. The molecule has 5 nitrogen and oxygen atoms in total. The second kappa shape index (κ2) is 7.54. The zero-order valence-electron chi connectivity index (χ0n) is 12.0. The Balaban J connectivity index is 1.84. The number of likely N-dealkylation sites (N-methyl/N-ethyl adjacent to an activating group) is 1. The average molecular weight is 294 g/mol. The molecule has 0 aromatic carbocycles. The molecule has 110 valence electrons. The van der Waals surface area contributed by atoms with Crippen LogP contribution in [0.25, 0.3) is 0 Å². The quantitative estimate of drug-likeness (QED) is 0.771. The Hall–Kier alpha value is -1.21. The Morgan fingerprint density at radius 2 is 2.35 bits per heavy atom. The minimum atomic E-state index is 0.121. The van der Waals surface area contributed by atoms with Crippen LogP contribution >= 0.6 is 11.3 Å². The van der Waals surface area contributed by atoms with Gasteiger partial charge in [-0.3, -0.25) is 4.68 Å². The maximum atomic E-state index is 8.86. The number of thiophene rings is 1. The van der Waals surface area contributed by atoms with Crippen LogP contribution in [-0.2, 0) is 13.1 Å². The predicted molar refractivity (Wildman–Crippen MR) is 81.8 cm³/mol. The molecule has 0 aliphatic carbocycles. The molecule has 0 radical (unpaired) electrons. The molecular weight excluding hydrogens is 272 g/mol. The van der Waals surface area contributed by atoms with Crippen molar-refractivity contribution in [2.75, 3.05) is 27.2 Å². The van der Waals surface area contributed by atoms with Crippen LogP contribution in [0, 0.1) is 0 Å². The second-order valence-electron chi connectivity index (χ2n) is 4.96. The molecular formula is C14H22N4OS. The summed E-state index contributed by atoms with van der Waals surface area (Å²) in [7, 11) is 4.21. The fraction of sp³-hybridized carbons (Fsp3) is 0.500. The summed E-state index contributed by atoms with van der Waals surface area (Å²) in [6, 6.07) is 4.66. The Bertz CT molecular complexity index is 495. The highest BCUT2D eigenvalue weighted by molar-refractivity contribution is 7.10. The second-order valence-corrected chi connectivity index (χ2v) is 5.94. The summed E-state index contributed by atoms with van der Waals surface area (Å²) in [4.78, 5) is 3.60. The van der Waals surface area contributed by atoms with E-state index in [9.17, 15) is 0 Å². The highest BCUT2D eigenvalue weighted by Gasteiger charge is 2.14. The monoisotopic (exact) mass is 294 g/mol. The molecule has 2 aromatic rings. The van der Waals surface area contributed by atoms with Crippen LogP contribution in [0.15, 0.2) is 29.9 Å². The van der Waals surface area contributed by atoms with Crippen molar-refractivity contribution in [3.05, 3.63) is 40.3 Å². The molecule has 0 fully saturated rings. The van der Waals surface area contributed by atoms with E-state index in [-0.39, 0.29) is 6.61 Å². The van der Waals surface area contributed by atoms with E-state index in [1.54, 1.807) is 16.0 Å². The number of nitrogens with one attached hydrogen (secondary N) is 1.